The molecule has 2 nitrogen and oxygen atoms in total. The zero-order valence-electron chi connectivity index (χ0n) is 11.4. The van der Waals surface area contributed by atoms with E-state index >= 15 is 0 Å². The molecule has 0 amide bonds. The smallest absolute Gasteiger partial charge is 0.129 e. The molecule has 3 rings (SSSR count). The van der Waals surface area contributed by atoms with Crippen LogP contribution in [0.4, 0.5) is 0 Å². The lowest BCUT2D eigenvalue weighted by Gasteiger charge is -2.41. The van der Waals surface area contributed by atoms with Crippen LogP contribution < -0.4 is 0 Å². The lowest BCUT2D eigenvalue weighted by atomic mass is 9.82. The molecule has 19 heavy (non-hydrogen) atoms. The second kappa shape index (κ2) is 4.91. The van der Waals surface area contributed by atoms with E-state index in [2.05, 4.69) is 0 Å². The SMILES string of the molecule is [2H][C@H]1C[C@@H](C(O)(c2ccccc2)c2ccccc2)S1=O. The Hall–Kier alpha value is -1.45. The highest BCUT2D eigenvalue weighted by molar-refractivity contribution is 7.87. The second-order valence-electron chi connectivity index (χ2n) is 4.72. The van der Waals surface area contributed by atoms with Crippen molar-refractivity contribution in [1.82, 2.24) is 0 Å². The monoisotopic (exact) mass is 273 g/mol. The van der Waals surface area contributed by atoms with Crippen LogP contribution in [-0.2, 0) is 16.4 Å². The third kappa shape index (κ3) is 2.03. The summed E-state index contributed by atoms with van der Waals surface area (Å²) in [4.78, 5) is 0. The van der Waals surface area contributed by atoms with Gasteiger partial charge in [-0.05, 0) is 17.5 Å². The Morgan fingerprint density at radius 1 is 1.05 bits per heavy atom. The van der Waals surface area contributed by atoms with Crippen LogP contribution in [0.5, 0.6) is 0 Å². The van der Waals surface area contributed by atoms with Crippen molar-refractivity contribution in [2.45, 2.75) is 17.3 Å². The molecule has 0 aliphatic carbocycles. The minimum absolute atomic E-state index is 0.421. The first-order chi connectivity index (χ1) is 9.64. The third-order valence-electron chi connectivity index (χ3n) is 3.65. The molecular weight excluding hydrogens is 256 g/mol. The van der Waals surface area contributed by atoms with Gasteiger partial charge in [-0.3, -0.25) is 4.21 Å². The molecule has 1 unspecified atom stereocenters. The zero-order chi connectivity index (χ0) is 14.2. The van der Waals surface area contributed by atoms with Gasteiger partial charge in [0.25, 0.3) is 0 Å². The molecule has 3 heteroatoms. The van der Waals surface area contributed by atoms with Gasteiger partial charge in [-0.1, -0.05) is 60.7 Å². The first-order valence-corrected chi connectivity index (χ1v) is 7.56. The van der Waals surface area contributed by atoms with E-state index in [1.165, 1.54) is 0 Å². The molecule has 1 heterocycles. The van der Waals surface area contributed by atoms with Crippen LogP contribution in [0, 0.1) is 0 Å². The Balaban J connectivity index is 2.11. The van der Waals surface area contributed by atoms with Crippen LogP contribution in [-0.4, -0.2) is 20.3 Å². The average molecular weight is 273 g/mol. The highest BCUT2D eigenvalue weighted by atomic mass is 32.2. The lowest BCUT2D eigenvalue weighted by molar-refractivity contribution is 0.0710. The number of hydrogen-bond donors (Lipinski definition) is 1. The van der Waals surface area contributed by atoms with Crippen LogP contribution in [0.2, 0.25) is 0 Å². The molecule has 0 radical (unpaired) electrons. The van der Waals surface area contributed by atoms with Crippen molar-refractivity contribution in [2.75, 3.05) is 5.73 Å². The first kappa shape index (κ1) is 11.4. The average Bonchev–Trinajstić information content (AvgIpc) is 2.53. The normalized spacial score (nSPS) is 27.4. The Morgan fingerprint density at radius 3 is 1.89 bits per heavy atom. The summed E-state index contributed by atoms with van der Waals surface area (Å²) >= 11 is 0. The third-order valence-corrected chi connectivity index (χ3v) is 5.26. The van der Waals surface area contributed by atoms with Crippen molar-refractivity contribution in [1.29, 1.82) is 0 Å². The Morgan fingerprint density at radius 2 is 1.53 bits per heavy atom. The molecule has 1 N–H and O–H groups in total. The van der Waals surface area contributed by atoms with E-state index in [1.54, 1.807) is 0 Å². The van der Waals surface area contributed by atoms with Crippen molar-refractivity contribution in [2.24, 2.45) is 0 Å². The Bertz CT molecular complexity index is 575. The highest BCUT2D eigenvalue weighted by Crippen LogP contribution is 2.40. The van der Waals surface area contributed by atoms with Gasteiger partial charge in [0.1, 0.15) is 5.60 Å². The van der Waals surface area contributed by atoms with Crippen molar-refractivity contribution in [3.05, 3.63) is 71.8 Å². The van der Waals surface area contributed by atoms with Crippen LogP contribution in [0.15, 0.2) is 60.7 Å². The predicted molar refractivity (Wildman–Crippen MR) is 77.3 cm³/mol. The summed E-state index contributed by atoms with van der Waals surface area (Å²) in [6, 6.07) is 18.6. The highest BCUT2D eigenvalue weighted by Gasteiger charge is 2.47. The van der Waals surface area contributed by atoms with E-state index in [1.807, 2.05) is 60.7 Å². The largest absolute Gasteiger partial charge is 0.379 e. The zero-order valence-corrected chi connectivity index (χ0v) is 11.2. The molecule has 1 fully saturated rings. The van der Waals surface area contributed by atoms with Crippen molar-refractivity contribution >= 4 is 10.8 Å². The fourth-order valence-corrected chi connectivity index (χ4v) is 3.68. The van der Waals surface area contributed by atoms with Gasteiger partial charge < -0.3 is 5.11 Å². The van der Waals surface area contributed by atoms with Crippen molar-refractivity contribution in [3.8, 4) is 0 Å². The van der Waals surface area contributed by atoms with Gasteiger partial charge in [0, 0.05) is 17.9 Å². The minimum atomic E-state index is -1.33. The summed E-state index contributed by atoms with van der Waals surface area (Å²) in [6.07, 6.45) is 0.451. The molecule has 0 aromatic heterocycles. The molecule has 0 saturated carbocycles. The topological polar surface area (TPSA) is 37.3 Å². The molecule has 1 aliphatic heterocycles. The number of benzene rings is 2. The summed E-state index contributed by atoms with van der Waals surface area (Å²) in [5.41, 5.74) is -0.405. The van der Waals surface area contributed by atoms with E-state index in [-0.39, 0.29) is 0 Å². The maximum Gasteiger partial charge on any atom is 0.129 e. The molecular formula is C16H16O2S. The quantitative estimate of drug-likeness (QED) is 0.932. The maximum atomic E-state index is 12.1. The maximum absolute atomic E-state index is 12.1. The van der Waals surface area contributed by atoms with Crippen LogP contribution in [0.3, 0.4) is 0 Å². The van der Waals surface area contributed by atoms with Gasteiger partial charge in [0.2, 0.25) is 0 Å². The van der Waals surface area contributed by atoms with Crippen LogP contribution >= 0.6 is 0 Å². The number of aliphatic hydroxyl groups is 1. The fourth-order valence-electron chi connectivity index (χ4n) is 2.53. The minimum Gasteiger partial charge on any atom is -0.379 e. The molecule has 1 saturated heterocycles. The van der Waals surface area contributed by atoms with Gasteiger partial charge in [0.05, 0.1) is 5.25 Å². The van der Waals surface area contributed by atoms with Gasteiger partial charge in [0.15, 0.2) is 0 Å². The lowest BCUT2D eigenvalue weighted by Crippen LogP contribution is -2.50. The van der Waals surface area contributed by atoms with E-state index < -0.39 is 27.4 Å². The van der Waals surface area contributed by atoms with E-state index in [0.29, 0.717) is 6.42 Å². The van der Waals surface area contributed by atoms with Gasteiger partial charge in [-0.25, -0.2) is 0 Å². The van der Waals surface area contributed by atoms with E-state index in [0.717, 1.165) is 11.1 Å². The molecule has 0 bridgehead atoms. The first-order valence-electron chi connectivity index (χ1n) is 6.87. The molecule has 98 valence electrons. The van der Waals surface area contributed by atoms with Gasteiger partial charge >= 0.3 is 0 Å². The van der Waals surface area contributed by atoms with Crippen LogP contribution in [0.1, 0.15) is 18.9 Å². The van der Waals surface area contributed by atoms with Crippen molar-refractivity contribution < 1.29 is 10.7 Å². The standard InChI is InChI=1S/C16H16O2S/c17-16(15-11-12-19(15)18,13-7-3-1-4-8-13)14-9-5-2-6-10-14/h1-10,15,17H,11-12H2/t15-,19?/m0/s1/i12D/t12-,15-,19?. The fraction of sp³-hybridized carbons (Fsp3) is 0.250. The summed E-state index contributed by atoms with van der Waals surface area (Å²) < 4.78 is 19.8. The van der Waals surface area contributed by atoms with Gasteiger partial charge in [-0.15, -0.1) is 0 Å². The van der Waals surface area contributed by atoms with E-state index in [9.17, 15) is 9.32 Å². The predicted octanol–water partition coefficient (Wildman–Crippen LogP) is 2.44. The second-order valence-corrected chi connectivity index (χ2v) is 6.28. The Kier molecular flexibility index (Phi) is 2.94. The summed E-state index contributed by atoms with van der Waals surface area (Å²) in [5.74, 6) is 0. The molecule has 2 aromatic carbocycles. The molecule has 2 aromatic rings. The molecule has 0 spiro atoms. The summed E-state index contributed by atoms with van der Waals surface area (Å²) in [7, 11) is -1.33. The van der Waals surface area contributed by atoms with Gasteiger partial charge in [-0.2, -0.15) is 0 Å². The number of rotatable bonds is 3. The molecule has 1 aliphatic rings. The van der Waals surface area contributed by atoms with Crippen molar-refractivity contribution in [3.63, 3.8) is 0 Å². The summed E-state index contributed by atoms with van der Waals surface area (Å²) in [5, 5.41) is 10.9. The Labute approximate surface area is 117 Å². The van der Waals surface area contributed by atoms with E-state index in [4.69, 9.17) is 1.37 Å². The van der Waals surface area contributed by atoms with Crippen LogP contribution in [0.25, 0.3) is 0 Å². The number of hydrogen-bond acceptors (Lipinski definition) is 2. The summed E-state index contributed by atoms with van der Waals surface area (Å²) in [6.45, 7) is 0. The molecule has 3 atom stereocenters.